The molecule has 0 spiro atoms. The van der Waals surface area contributed by atoms with Crippen molar-refractivity contribution in [2.75, 3.05) is 5.32 Å². The molecular weight excluding hydrogens is 738 g/mol. The Morgan fingerprint density at radius 3 is 2.40 bits per heavy atom. The number of hydrogen-bond acceptors (Lipinski definition) is 9. The van der Waals surface area contributed by atoms with Crippen molar-refractivity contribution in [3.8, 4) is 0 Å². The average Bonchev–Trinajstić information content (AvgIpc) is 3.55. The lowest BCUT2D eigenvalue weighted by Crippen LogP contribution is -2.55. The highest BCUT2D eigenvalue weighted by molar-refractivity contribution is 7.97. The van der Waals surface area contributed by atoms with Gasteiger partial charge in [0.25, 0.3) is 0 Å². The number of nitrogens with one attached hydrogen (secondary N) is 4. The minimum absolute atomic E-state index is 0.0101. The van der Waals surface area contributed by atoms with Crippen molar-refractivity contribution in [1.82, 2.24) is 19.7 Å². The number of benzene rings is 3. The summed E-state index contributed by atoms with van der Waals surface area (Å²) in [6, 6.07) is 17.7. The number of carboxylic acid groups (broad SMARTS) is 2. The number of fused-ring (bicyclic) bond motifs is 2. The van der Waals surface area contributed by atoms with Crippen LogP contribution in [-0.4, -0.2) is 71.7 Å². The molecule has 12 nitrogen and oxygen atoms in total. The molecule has 53 heavy (non-hydrogen) atoms. The fourth-order valence-electron chi connectivity index (χ4n) is 7.64. The van der Waals surface area contributed by atoms with E-state index in [0.717, 1.165) is 54.7 Å². The highest BCUT2D eigenvalue weighted by atomic mass is 35.5. The molecule has 1 saturated carbocycles. The van der Waals surface area contributed by atoms with Gasteiger partial charge in [0.15, 0.2) is 0 Å². The molecule has 1 amide bonds. The second-order valence-corrected chi connectivity index (χ2v) is 17.1. The van der Waals surface area contributed by atoms with Gasteiger partial charge >= 0.3 is 11.9 Å². The zero-order chi connectivity index (χ0) is 37.7. The molecule has 6 atom stereocenters. The van der Waals surface area contributed by atoms with E-state index in [1.807, 2.05) is 30.3 Å². The second kappa shape index (κ2) is 17.2. The van der Waals surface area contributed by atoms with Crippen molar-refractivity contribution in [1.29, 1.82) is 0 Å². The van der Waals surface area contributed by atoms with E-state index in [4.69, 9.17) is 11.6 Å². The predicted molar refractivity (Wildman–Crippen MR) is 204 cm³/mol. The van der Waals surface area contributed by atoms with E-state index in [2.05, 4.69) is 32.2 Å². The lowest BCUT2D eigenvalue weighted by atomic mass is 9.84. The van der Waals surface area contributed by atoms with Gasteiger partial charge in [0.05, 0.1) is 22.9 Å². The third kappa shape index (κ3) is 9.53. The normalized spacial score (nSPS) is 22.3. The maximum atomic E-state index is 13.5. The van der Waals surface area contributed by atoms with Crippen LogP contribution in [0.1, 0.15) is 68.6 Å². The highest BCUT2D eigenvalue weighted by Crippen LogP contribution is 2.40. The van der Waals surface area contributed by atoms with Crippen LogP contribution in [0, 0.1) is 5.92 Å². The number of anilines is 1. The molecular formula is C38H46ClN5O7S2. The molecule has 0 bridgehead atoms. The summed E-state index contributed by atoms with van der Waals surface area (Å²) >= 11 is 7.86. The first kappa shape index (κ1) is 39.0. The van der Waals surface area contributed by atoms with Crippen LogP contribution in [0.25, 0.3) is 0 Å². The van der Waals surface area contributed by atoms with Crippen molar-refractivity contribution in [3.05, 3.63) is 88.4 Å². The van der Waals surface area contributed by atoms with Gasteiger partial charge in [0.2, 0.25) is 15.9 Å². The number of halogens is 1. The minimum Gasteiger partial charge on any atom is -0.480 e. The molecule has 2 heterocycles. The van der Waals surface area contributed by atoms with E-state index in [-0.39, 0.29) is 46.9 Å². The maximum absolute atomic E-state index is 13.5. The number of carbonyl (C=O) groups is 3. The summed E-state index contributed by atoms with van der Waals surface area (Å²) < 4.78 is 32.6. The minimum atomic E-state index is -3.95. The Hall–Kier alpha value is -3.66. The third-order valence-electron chi connectivity index (χ3n) is 10.5. The van der Waals surface area contributed by atoms with Crippen LogP contribution in [0.15, 0.2) is 76.5 Å². The number of carbonyl (C=O) groups excluding carboxylic acids is 1. The van der Waals surface area contributed by atoms with E-state index < -0.39 is 40.1 Å². The molecule has 6 rings (SSSR count). The number of aliphatic carboxylic acids is 2. The molecule has 0 radical (unpaired) electrons. The van der Waals surface area contributed by atoms with Crippen LogP contribution >= 0.6 is 23.5 Å². The Balaban J connectivity index is 1.00. The standard InChI is InChI=1S/C38H46ClN5O7S2/c1-23(36(45)44-31-10-6-5-9-27(31)19-32(44)38(48)49)41-29(37(46)47)17-15-25-11-13-26(14-12-25)22-40-53(50,51)34-21-33-30(20-28(34)39)42-35(43-52-33)18-16-24-7-3-2-4-8-24/h2-4,7-8,11-14,20-21,23,27,29,31-32,35,40-43H,5-6,9-10,15-19,22H2,1H3,(H,46,47)(H,48,49)/t23-,27?,29-,31?,32-,35?/m0/s1. The van der Waals surface area contributed by atoms with Gasteiger partial charge in [-0.2, -0.15) is 0 Å². The zero-order valence-corrected chi connectivity index (χ0v) is 31.9. The summed E-state index contributed by atoms with van der Waals surface area (Å²) in [5.74, 6) is -2.34. The predicted octanol–water partition coefficient (Wildman–Crippen LogP) is 5.41. The summed E-state index contributed by atoms with van der Waals surface area (Å²) in [6.07, 6.45) is 6.35. The van der Waals surface area contributed by atoms with Gasteiger partial charge in [-0.1, -0.05) is 79.0 Å². The van der Waals surface area contributed by atoms with Gasteiger partial charge in [-0.15, -0.1) is 0 Å². The number of likely N-dealkylation sites (tertiary alicyclic amines) is 1. The Kier molecular flexibility index (Phi) is 12.7. The molecule has 3 aromatic carbocycles. The fourth-order valence-corrected chi connectivity index (χ4v) is 10.1. The Labute approximate surface area is 319 Å². The van der Waals surface area contributed by atoms with E-state index in [1.165, 1.54) is 22.4 Å². The molecule has 3 unspecified atom stereocenters. The van der Waals surface area contributed by atoms with Crippen molar-refractivity contribution in [2.45, 2.75) is 111 Å². The molecule has 2 aliphatic heterocycles. The molecule has 6 N–H and O–H groups in total. The Bertz CT molecular complexity index is 1900. The lowest BCUT2D eigenvalue weighted by molar-refractivity contribution is -0.151. The number of carboxylic acids is 2. The van der Waals surface area contributed by atoms with Crippen LogP contribution in [0.3, 0.4) is 0 Å². The first-order valence-corrected chi connectivity index (χ1v) is 20.7. The fraction of sp³-hybridized carbons (Fsp3) is 0.447. The SMILES string of the molecule is C[C@H](N[C@@H](CCc1ccc(CNS(=O)(=O)c2cc3c(cc2Cl)NC(CCc2ccccc2)NS3)cc1)C(=O)O)C(=O)N1C2CCCCC2C[C@H]1C(=O)O. The first-order valence-electron chi connectivity index (χ1n) is 18.1. The monoisotopic (exact) mass is 783 g/mol. The molecule has 15 heteroatoms. The van der Waals surface area contributed by atoms with Crippen LogP contribution < -0.4 is 20.1 Å². The number of aryl methyl sites for hydroxylation is 2. The number of hydrogen-bond donors (Lipinski definition) is 6. The van der Waals surface area contributed by atoms with Gasteiger partial charge in [-0.3, -0.25) is 14.9 Å². The van der Waals surface area contributed by atoms with Crippen molar-refractivity contribution in [3.63, 3.8) is 0 Å². The number of amides is 1. The summed E-state index contributed by atoms with van der Waals surface area (Å²) in [4.78, 5) is 39.9. The Morgan fingerprint density at radius 2 is 1.68 bits per heavy atom. The maximum Gasteiger partial charge on any atom is 0.326 e. The van der Waals surface area contributed by atoms with E-state index in [1.54, 1.807) is 31.2 Å². The summed E-state index contributed by atoms with van der Waals surface area (Å²) in [5, 5.41) is 26.2. The van der Waals surface area contributed by atoms with Crippen LogP contribution in [0.4, 0.5) is 5.69 Å². The molecule has 1 aliphatic carbocycles. The van der Waals surface area contributed by atoms with E-state index in [0.29, 0.717) is 18.4 Å². The number of rotatable bonds is 15. The van der Waals surface area contributed by atoms with Crippen LogP contribution in [0.2, 0.25) is 5.02 Å². The number of sulfonamides is 1. The van der Waals surface area contributed by atoms with Gasteiger partial charge in [0, 0.05) is 17.5 Å². The molecule has 3 aromatic rings. The van der Waals surface area contributed by atoms with Crippen molar-refractivity contribution >= 4 is 57.1 Å². The zero-order valence-electron chi connectivity index (χ0n) is 29.5. The smallest absolute Gasteiger partial charge is 0.326 e. The van der Waals surface area contributed by atoms with Gasteiger partial charge in [-0.25, -0.2) is 22.7 Å². The van der Waals surface area contributed by atoms with E-state index >= 15 is 0 Å². The van der Waals surface area contributed by atoms with Gasteiger partial charge in [-0.05, 0) is 98.6 Å². The number of nitrogens with zero attached hydrogens (tertiary/aromatic N) is 1. The van der Waals surface area contributed by atoms with E-state index in [9.17, 15) is 33.0 Å². The highest BCUT2D eigenvalue weighted by Gasteiger charge is 2.48. The van der Waals surface area contributed by atoms with Crippen molar-refractivity contribution < 1.29 is 33.0 Å². The molecule has 3 aliphatic rings. The lowest BCUT2D eigenvalue weighted by Gasteiger charge is -2.35. The molecule has 284 valence electrons. The molecule has 0 aromatic heterocycles. The second-order valence-electron chi connectivity index (χ2n) is 14.1. The molecule has 1 saturated heterocycles. The Morgan fingerprint density at radius 1 is 0.981 bits per heavy atom. The summed E-state index contributed by atoms with van der Waals surface area (Å²) in [5.41, 5.74) is 3.55. The topological polar surface area (TPSA) is 177 Å². The van der Waals surface area contributed by atoms with Crippen LogP contribution in [0.5, 0.6) is 0 Å². The average molecular weight is 784 g/mol. The first-order chi connectivity index (χ1) is 25.4. The van der Waals surface area contributed by atoms with Crippen LogP contribution in [-0.2, 0) is 43.8 Å². The van der Waals surface area contributed by atoms with Gasteiger partial charge < -0.3 is 20.4 Å². The third-order valence-corrected chi connectivity index (χ3v) is 13.3. The summed E-state index contributed by atoms with van der Waals surface area (Å²) in [7, 11) is -3.95. The summed E-state index contributed by atoms with van der Waals surface area (Å²) in [6.45, 7) is 1.62. The largest absolute Gasteiger partial charge is 0.480 e. The molecule has 2 fully saturated rings. The quantitative estimate of drug-likeness (QED) is 0.109. The van der Waals surface area contributed by atoms with Crippen molar-refractivity contribution in [2.24, 2.45) is 5.92 Å². The van der Waals surface area contributed by atoms with Gasteiger partial charge in [0.1, 0.15) is 17.0 Å².